The molecule has 0 unspecified atom stereocenters. The SMILES string of the molecule is Brc1cccc(NCCNC2=NCCCN2)c1. The molecular weight excluding hydrogens is 280 g/mol. The monoisotopic (exact) mass is 296 g/mol. The van der Waals surface area contributed by atoms with E-state index in [0.717, 1.165) is 48.7 Å². The topological polar surface area (TPSA) is 48.5 Å². The van der Waals surface area contributed by atoms with Crippen LogP contribution in [0.1, 0.15) is 6.42 Å². The van der Waals surface area contributed by atoms with E-state index in [1.165, 1.54) is 0 Å². The van der Waals surface area contributed by atoms with Gasteiger partial charge in [-0.1, -0.05) is 22.0 Å². The van der Waals surface area contributed by atoms with Crippen LogP contribution in [-0.2, 0) is 0 Å². The van der Waals surface area contributed by atoms with Crippen LogP contribution in [-0.4, -0.2) is 32.1 Å². The predicted octanol–water partition coefficient (Wildman–Crippen LogP) is 1.80. The summed E-state index contributed by atoms with van der Waals surface area (Å²) in [6.07, 6.45) is 1.13. The number of aliphatic imine (C=N–C) groups is 1. The van der Waals surface area contributed by atoms with Crippen molar-refractivity contribution in [3.63, 3.8) is 0 Å². The zero-order valence-corrected chi connectivity index (χ0v) is 11.3. The second-order valence-electron chi connectivity index (χ2n) is 3.87. The Morgan fingerprint density at radius 3 is 2.94 bits per heavy atom. The summed E-state index contributed by atoms with van der Waals surface area (Å²) in [5, 5.41) is 9.85. The molecule has 1 aromatic carbocycles. The minimum absolute atomic E-state index is 0.859. The van der Waals surface area contributed by atoms with Crippen LogP contribution in [0.3, 0.4) is 0 Å². The lowest BCUT2D eigenvalue weighted by Gasteiger charge is -2.16. The number of rotatable bonds is 4. The van der Waals surface area contributed by atoms with E-state index in [-0.39, 0.29) is 0 Å². The molecule has 0 bridgehead atoms. The van der Waals surface area contributed by atoms with Crippen LogP contribution in [0.4, 0.5) is 5.69 Å². The van der Waals surface area contributed by atoms with Crippen molar-refractivity contribution in [2.75, 3.05) is 31.5 Å². The maximum atomic E-state index is 4.35. The van der Waals surface area contributed by atoms with E-state index in [4.69, 9.17) is 0 Å². The largest absolute Gasteiger partial charge is 0.383 e. The first kappa shape index (κ1) is 12.2. The smallest absolute Gasteiger partial charge is 0.191 e. The molecule has 1 aliphatic rings. The third-order valence-corrected chi connectivity index (χ3v) is 2.96. The Bertz CT molecular complexity index is 392. The van der Waals surface area contributed by atoms with Crippen LogP contribution in [0, 0.1) is 0 Å². The minimum atomic E-state index is 0.859. The first-order chi connectivity index (χ1) is 8.34. The molecule has 4 nitrogen and oxygen atoms in total. The van der Waals surface area contributed by atoms with Crippen LogP contribution in [0.15, 0.2) is 33.7 Å². The molecule has 2 rings (SSSR count). The third kappa shape index (κ3) is 4.26. The number of hydrogen-bond acceptors (Lipinski definition) is 4. The van der Waals surface area contributed by atoms with Gasteiger partial charge in [0.05, 0.1) is 0 Å². The van der Waals surface area contributed by atoms with Gasteiger partial charge in [0.1, 0.15) is 0 Å². The Morgan fingerprint density at radius 1 is 1.29 bits per heavy atom. The molecule has 17 heavy (non-hydrogen) atoms. The van der Waals surface area contributed by atoms with E-state index < -0.39 is 0 Å². The zero-order valence-electron chi connectivity index (χ0n) is 9.67. The van der Waals surface area contributed by atoms with Gasteiger partial charge in [0.25, 0.3) is 0 Å². The minimum Gasteiger partial charge on any atom is -0.383 e. The fraction of sp³-hybridized carbons (Fsp3) is 0.417. The summed E-state index contributed by atoms with van der Waals surface area (Å²) in [4.78, 5) is 4.35. The van der Waals surface area contributed by atoms with Crippen molar-refractivity contribution in [3.8, 4) is 0 Å². The van der Waals surface area contributed by atoms with Crippen molar-refractivity contribution in [2.24, 2.45) is 4.99 Å². The molecule has 3 N–H and O–H groups in total. The van der Waals surface area contributed by atoms with E-state index in [2.05, 4.69) is 49.0 Å². The molecule has 0 saturated heterocycles. The van der Waals surface area contributed by atoms with Gasteiger partial charge in [-0.2, -0.15) is 0 Å². The highest BCUT2D eigenvalue weighted by Gasteiger charge is 2.01. The lowest BCUT2D eigenvalue weighted by molar-refractivity contribution is 0.705. The average Bonchev–Trinajstić information content (AvgIpc) is 2.36. The third-order valence-electron chi connectivity index (χ3n) is 2.47. The van der Waals surface area contributed by atoms with Gasteiger partial charge in [0, 0.05) is 36.3 Å². The summed E-state index contributed by atoms with van der Waals surface area (Å²) in [5.74, 6) is 0.923. The highest BCUT2D eigenvalue weighted by atomic mass is 79.9. The molecular formula is C12H17BrN4. The Balaban J connectivity index is 1.67. The van der Waals surface area contributed by atoms with Crippen molar-refractivity contribution >= 4 is 27.6 Å². The maximum Gasteiger partial charge on any atom is 0.191 e. The summed E-state index contributed by atoms with van der Waals surface area (Å²) < 4.78 is 1.09. The molecule has 0 aromatic heterocycles. The summed E-state index contributed by atoms with van der Waals surface area (Å²) in [5.41, 5.74) is 1.12. The van der Waals surface area contributed by atoms with Gasteiger partial charge in [0.15, 0.2) is 5.96 Å². The van der Waals surface area contributed by atoms with E-state index >= 15 is 0 Å². The van der Waals surface area contributed by atoms with Gasteiger partial charge in [-0.3, -0.25) is 4.99 Å². The fourth-order valence-electron chi connectivity index (χ4n) is 1.64. The highest BCUT2D eigenvalue weighted by molar-refractivity contribution is 9.10. The van der Waals surface area contributed by atoms with Gasteiger partial charge in [-0.25, -0.2) is 0 Å². The molecule has 5 heteroatoms. The molecule has 1 heterocycles. The van der Waals surface area contributed by atoms with Crippen LogP contribution in [0.2, 0.25) is 0 Å². The Morgan fingerprint density at radius 2 is 2.18 bits per heavy atom. The van der Waals surface area contributed by atoms with Crippen molar-refractivity contribution in [1.29, 1.82) is 0 Å². The van der Waals surface area contributed by atoms with Crippen molar-refractivity contribution in [2.45, 2.75) is 6.42 Å². The summed E-state index contributed by atoms with van der Waals surface area (Å²) in [7, 11) is 0. The Labute approximate surface area is 110 Å². The fourth-order valence-corrected chi connectivity index (χ4v) is 2.04. The van der Waals surface area contributed by atoms with Gasteiger partial charge in [-0.15, -0.1) is 0 Å². The Kier molecular flexibility index (Phi) is 4.67. The summed E-state index contributed by atoms with van der Waals surface area (Å²) >= 11 is 3.45. The van der Waals surface area contributed by atoms with Crippen molar-refractivity contribution < 1.29 is 0 Å². The van der Waals surface area contributed by atoms with Gasteiger partial charge in [-0.05, 0) is 24.6 Å². The predicted molar refractivity (Wildman–Crippen MR) is 75.6 cm³/mol. The molecule has 0 spiro atoms. The van der Waals surface area contributed by atoms with Gasteiger partial charge in [0.2, 0.25) is 0 Å². The first-order valence-corrected chi connectivity index (χ1v) is 6.65. The lowest BCUT2D eigenvalue weighted by atomic mass is 10.3. The van der Waals surface area contributed by atoms with E-state index in [1.807, 2.05) is 12.1 Å². The number of nitrogens with zero attached hydrogens (tertiary/aromatic N) is 1. The van der Waals surface area contributed by atoms with E-state index in [0.29, 0.717) is 0 Å². The van der Waals surface area contributed by atoms with Crippen molar-refractivity contribution in [3.05, 3.63) is 28.7 Å². The van der Waals surface area contributed by atoms with Crippen LogP contribution >= 0.6 is 15.9 Å². The lowest BCUT2D eigenvalue weighted by Crippen LogP contribution is -2.42. The standard InChI is InChI=1S/C12H17BrN4/c13-10-3-1-4-11(9-10)14-7-8-17-12-15-5-2-6-16-12/h1,3-4,9,14H,2,5-8H2,(H2,15,16,17). The molecule has 1 aromatic rings. The van der Waals surface area contributed by atoms with Crippen LogP contribution in [0.5, 0.6) is 0 Å². The quantitative estimate of drug-likeness (QED) is 0.743. The second kappa shape index (κ2) is 6.49. The highest BCUT2D eigenvalue weighted by Crippen LogP contribution is 2.14. The number of halogens is 1. The Hall–Kier alpha value is -1.23. The van der Waals surface area contributed by atoms with Gasteiger partial charge >= 0.3 is 0 Å². The van der Waals surface area contributed by atoms with Crippen molar-refractivity contribution in [1.82, 2.24) is 10.6 Å². The molecule has 0 fully saturated rings. The second-order valence-corrected chi connectivity index (χ2v) is 4.79. The molecule has 92 valence electrons. The maximum absolute atomic E-state index is 4.35. The molecule has 1 aliphatic heterocycles. The number of nitrogens with one attached hydrogen (secondary N) is 3. The van der Waals surface area contributed by atoms with Crippen LogP contribution in [0.25, 0.3) is 0 Å². The molecule has 0 amide bonds. The van der Waals surface area contributed by atoms with E-state index in [1.54, 1.807) is 0 Å². The molecule has 0 atom stereocenters. The molecule has 0 aliphatic carbocycles. The normalized spacial score (nSPS) is 14.8. The first-order valence-electron chi connectivity index (χ1n) is 5.86. The molecule has 0 saturated carbocycles. The van der Waals surface area contributed by atoms with Gasteiger partial charge < -0.3 is 16.0 Å². The average molecular weight is 297 g/mol. The zero-order chi connectivity index (χ0) is 11.9. The summed E-state index contributed by atoms with van der Waals surface area (Å²) in [6.45, 7) is 3.68. The number of benzene rings is 1. The van der Waals surface area contributed by atoms with E-state index in [9.17, 15) is 0 Å². The number of guanidine groups is 1. The number of anilines is 1. The van der Waals surface area contributed by atoms with Crippen LogP contribution < -0.4 is 16.0 Å². The number of hydrogen-bond donors (Lipinski definition) is 3. The molecule has 0 radical (unpaired) electrons. The summed E-state index contributed by atoms with van der Waals surface area (Å²) in [6, 6.07) is 8.16.